The number of fused-ring (bicyclic) bond motifs is 4. The van der Waals surface area contributed by atoms with E-state index in [1.54, 1.807) is 0 Å². The van der Waals surface area contributed by atoms with Gasteiger partial charge in [-0.05, 0) is 56.3 Å². The van der Waals surface area contributed by atoms with Crippen LogP contribution in [0, 0.1) is 52.3 Å². The van der Waals surface area contributed by atoms with Gasteiger partial charge in [-0.2, -0.15) is 10.5 Å². The van der Waals surface area contributed by atoms with E-state index in [0.717, 1.165) is 25.2 Å². The Bertz CT molecular complexity index is 538. The van der Waals surface area contributed by atoms with Crippen molar-refractivity contribution >= 4 is 11.6 Å². The lowest BCUT2D eigenvalue weighted by molar-refractivity contribution is 0.269. The van der Waals surface area contributed by atoms with Crippen molar-refractivity contribution in [2.45, 2.75) is 43.4 Å². The maximum Gasteiger partial charge on any atom is 0.137 e. The summed E-state index contributed by atoms with van der Waals surface area (Å²) in [7, 11) is 0. The van der Waals surface area contributed by atoms with Gasteiger partial charge < -0.3 is 0 Å². The lowest BCUT2D eigenvalue weighted by atomic mass is 9.69. The second-order valence-corrected chi connectivity index (χ2v) is 7.54. The Balaban J connectivity index is 0.000000126. The van der Waals surface area contributed by atoms with Gasteiger partial charge in [0.1, 0.15) is 4.87 Å². The molecule has 0 radical (unpaired) electrons. The van der Waals surface area contributed by atoms with Gasteiger partial charge >= 0.3 is 0 Å². The van der Waals surface area contributed by atoms with Crippen LogP contribution >= 0.6 is 11.6 Å². The summed E-state index contributed by atoms with van der Waals surface area (Å²) in [4.78, 5) is -0.572. The van der Waals surface area contributed by atoms with Crippen molar-refractivity contribution in [3.05, 3.63) is 24.3 Å². The normalized spacial score (nSPS) is 45.4. The molecule has 0 saturated heterocycles. The lowest BCUT2D eigenvalue weighted by Crippen LogP contribution is -2.39. The molecule has 0 N–H and O–H groups in total. The number of halogens is 1. The van der Waals surface area contributed by atoms with Crippen molar-refractivity contribution in [2.75, 3.05) is 0 Å². The molecule has 0 aromatic carbocycles. The summed E-state index contributed by atoms with van der Waals surface area (Å²) in [5.41, 5.74) is 0. The highest BCUT2D eigenvalue weighted by atomic mass is 35.5. The molecule has 110 valence electrons. The third-order valence-corrected chi connectivity index (χ3v) is 6.06. The Morgan fingerprint density at radius 2 is 1.71 bits per heavy atom. The summed E-state index contributed by atoms with van der Waals surface area (Å²) in [6, 6.07) is 4.61. The fourth-order valence-electron chi connectivity index (χ4n) is 4.17. The van der Waals surface area contributed by atoms with E-state index in [1.807, 2.05) is 0 Å². The average Bonchev–Trinajstić information content (AvgIpc) is 2.57. The van der Waals surface area contributed by atoms with E-state index in [4.69, 9.17) is 22.1 Å². The smallest absolute Gasteiger partial charge is 0.137 e. The van der Waals surface area contributed by atoms with Crippen LogP contribution in [0.3, 0.4) is 0 Å². The van der Waals surface area contributed by atoms with Crippen molar-refractivity contribution in [1.29, 1.82) is 10.5 Å². The Kier molecular flexibility index (Phi) is 4.10. The topological polar surface area (TPSA) is 47.6 Å². The molecule has 0 spiro atoms. The van der Waals surface area contributed by atoms with E-state index in [1.165, 1.54) is 19.3 Å². The first-order chi connectivity index (χ1) is 10.1. The van der Waals surface area contributed by atoms with E-state index >= 15 is 0 Å². The molecule has 21 heavy (non-hydrogen) atoms. The van der Waals surface area contributed by atoms with Crippen molar-refractivity contribution in [3.8, 4) is 12.1 Å². The van der Waals surface area contributed by atoms with E-state index in [0.29, 0.717) is 23.7 Å². The van der Waals surface area contributed by atoms with Crippen LogP contribution in [0.4, 0.5) is 0 Å². The van der Waals surface area contributed by atoms with E-state index < -0.39 is 4.87 Å². The molecule has 6 atom stereocenters. The Labute approximate surface area is 132 Å². The third-order valence-electron chi connectivity index (χ3n) is 5.54. The molecule has 2 fully saturated rings. The summed E-state index contributed by atoms with van der Waals surface area (Å²) in [6.45, 7) is 0. The van der Waals surface area contributed by atoms with Crippen LogP contribution in [-0.2, 0) is 0 Å². The first-order valence-electron chi connectivity index (χ1n) is 8.01. The van der Waals surface area contributed by atoms with Crippen molar-refractivity contribution in [2.24, 2.45) is 29.6 Å². The van der Waals surface area contributed by atoms with Crippen LogP contribution < -0.4 is 0 Å². The standard InChI is InChI=1S/C9H10ClN.C9H11N/c10-9(6-11)5-7-1-3-8(9)4-2-7;10-6-9-5-7-1-3-8(9)4-2-7/h1,3,7-8H,2,4-5H2;1,3,7-9H,2,4-5H2. The summed E-state index contributed by atoms with van der Waals surface area (Å²) in [6.07, 6.45) is 15.7. The highest BCUT2D eigenvalue weighted by Gasteiger charge is 2.43. The zero-order valence-electron chi connectivity index (χ0n) is 12.2. The third kappa shape index (κ3) is 2.88. The number of nitriles is 2. The molecular formula is C18H21ClN2. The number of rotatable bonds is 0. The molecule has 0 heterocycles. The molecule has 6 aliphatic carbocycles. The van der Waals surface area contributed by atoms with Crippen LogP contribution in [0.15, 0.2) is 24.3 Å². The van der Waals surface area contributed by atoms with Crippen LogP contribution in [0.25, 0.3) is 0 Å². The fourth-order valence-corrected chi connectivity index (χ4v) is 4.55. The zero-order chi connectivity index (χ0) is 14.9. The van der Waals surface area contributed by atoms with Crippen LogP contribution in [-0.4, -0.2) is 4.87 Å². The molecule has 3 heteroatoms. The summed E-state index contributed by atoms with van der Waals surface area (Å²) >= 11 is 6.14. The second kappa shape index (κ2) is 5.86. The molecule has 0 amide bonds. The highest BCUT2D eigenvalue weighted by molar-refractivity contribution is 6.26. The van der Waals surface area contributed by atoms with E-state index in [2.05, 4.69) is 36.4 Å². The van der Waals surface area contributed by atoms with E-state index in [9.17, 15) is 0 Å². The number of hydrogen-bond donors (Lipinski definition) is 0. The lowest BCUT2D eigenvalue weighted by Gasteiger charge is -2.39. The molecule has 4 bridgehead atoms. The minimum Gasteiger partial charge on any atom is -0.198 e. The first kappa shape index (κ1) is 14.7. The quantitative estimate of drug-likeness (QED) is 0.485. The minimum atomic E-state index is -0.572. The average molecular weight is 301 g/mol. The predicted octanol–water partition coefficient (Wildman–Crippen LogP) is 4.59. The molecule has 0 aliphatic heterocycles. The zero-order valence-corrected chi connectivity index (χ0v) is 13.0. The van der Waals surface area contributed by atoms with Crippen molar-refractivity contribution in [1.82, 2.24) is 0 Å². The molecule has 6 aliphatic rings. The molecular weight excluding hydrogens is 280 g/mol. The summed E-state index contributed by atoms with van der Waals surface area (Å²) in [5, 5.41) is 17.6. The molecule has 6 rings (SSSR count). The molecule has 0 aromatic rings. The number of nitrogens with zero attached hydrogens (tertiary/aromatic N) is 2. The number of allylic oxidation sites excluding steroid dienone is 4. The van der Waals surface area contributed by atoms with Gasteiger partial charge in [0.25, 0.3) is 0 Å². The molecule has 2 saturated carbocycles. The molecule has 2 nitrogen and oxygen atoms in total. The predicted molar refractivity (Wildman–Crippen MR) is 83.2 cm³/mol. The summed E-state index contributed by atoms with van der Waals surface area (Å²) < 4.78 is 0. The second-order valence-electron chi connectivity index (χ2n) is 6.86. The largest absolute Gasteiger partial charge is 0.198 e. The van der Waals surface area contributed by atoms with Crippen LogP contribution in [0.5, 0.6) is 0 Å². The van der Waals surface area contributed by atoms with Gasteiger partial charge in [0.2, 0.25) is 0 Å². The Hall–Kier alpha value is -1.25. The van der Waals surface area contributed by atoms with Crippen molar-refractivity contribution in [3.63, 3.8) is 0 Å². The number of alkyl halides is 1. The maximum atomic E-state index is 8.86. The van der Waals surface area contributed by atoms with E-state index in [-0.39, 0.29) is 0 Å². The Morgan fingerprint density at radius 1 is 0.952 bits per heavy atom. The van der Waals surface area contributed by atoms with Gasteiger partial charge in [-0.1, -0.05) is 24.3 Å². The van der Waals surface area contributed by atoms with Gasteiger partial charge in [-0.15, -0.1) is 11.6 Å². The van der Waals surface area contributed by atoms with Crippen LogP contribution in [0.1, 0.15) is 38.5 Å². The fraction of sp³-hybridized carbons (Fsp3) is 0.667. The van der Waals surface area contributed by atoms with Gasteiger partial charge in [-0.25, -0.2) is 0 Å². The van der Waals surface area contributed by atoms with Gasteiger partial charge in [0, 0.05) is 5.92 Å². The Morgan fingerprint density at radius 3 is 2.00 bits per heavy atom. The van der Waals surface area contributed by atoms with Gasteiger partial charge in [0.05, 0.1) is 18.1 Å². The first-order valence-corrected chi connectivity index (χ1v) is 8.39. The van der Waals surface area contributed by atoms with Crippen molar-refractivity contribution < 1.29 is 0 Å². The van der Waals surface area contributed by atoms with Crippen LogP contribution in [0.2, 0.25) is 0 Å². The molecule has 6 unspecified atom stereocenters. The highest BCUT2D eigenvalue weighted by Crippen LogP contribution is 2.46. The molecule has 0 aromatic heterocycles. The number of hydrogen-bond acceptors (Lipinski definition) is 2. The van der Waals surface area contributed by atoms with Gasteiger partial charge in [-0.3, -0.25) is 0 Å². The SMILES string of the molecule is N#CC1(Cl)CC2C=CC1CC2.N#CC1CC2C=CC1CC2. The minimum absolute atomic E-state index is 0.305. The maximum absolute atomic E-state index is 8.86. The monoisotopic (exact) mass is 300 g/mol. The van der Waals surface area contributed by atoms with Gasteiger partial charge in [0.15, 0.2) is 0 Å². The summed E-state index contributed by atoms with van der Waals surface area (Å²) in [5.74, 6) is 2.53.